The van der Waals surface area contributed by atoms with Crippen LogP contribution in [0.1, 0.15) is 5.56 Å². The SMILES string of the molecule is COc1ccc(CC(=O)Nc2nc3c(ccc4ccccc43)s2)c(OC)c1. The second-order valence-corrected chi connectivity index (χ2v) is 7.09. The number of fused-ring (bicyclic) bond motifs is 3. The summed E-state index contributed by atoms with van der Waals surface area (Å²) >= 11 is 1.47. The van der Waals surface area contributed by atoms with Gasteiger partial charge in [-0.25, -0.2) is 4.98 Å². The average molecular weight is 378 g/mol. The highest BCUT2D eigenvalue weighted by Crippen LogP contribution is 2.32. The predicted molar refractivity (Wildman–Crippen MR) is 109 cm³/mol. The quantitative estimate of drug-likeness (QED) is 0.549. The molecule has 0 saturated carbocycles. The third-order valence-electron chi connectivity index (χ3n) is 4.38. The van der Waals surface area contributed by atoms with E-state index in [0.717, 1.165) is 26.6 Å². The van der Waals surface area contributed by atoms with Crippen molar-refractivity contribution in [1.82, 2.24) is 4.98 Å². The maximum absolute atomic E-state index is 12.5. The molecule has 136 valence electrons. The molecule has 1 heterocycles. The normalized spacial score (nSPS) is 10.9. The average Bonchev–Trinajstić information content (AvgIpc) is 3.11. The van der Waals surface area contributed by atoms with Gasteiger partial charge in [0.05, 0.1) is 30.9 Å². The smallest absolute Gasteiger partial charge is 0.230 e. The first-order chi connectivity index (χ1) is 13.2. The van der Waals surface area contributed by atoms with Gasteiger partial charge >= 0.3 is 0 Å². The zero-order chi connectivity index (χ0) is 18.8. The fourth-order valence-electron chi connectivity index (χ4n) is 3.05. The molecule has 6 heteroatoms. The lowest BCUT2D eigenvalue weighted by Gasteiger charge is -2.10. The zero-order valence-corrected chi connectivity index (χ0v) is 15.8. The summed E-state index contributed by atoms with van der Waals surface area (Å²) in [6, 6.07) is 17.6. The summed E-state index contributed by atoms with van der Waals surface area (Å²) in [6.07, 6.45) is 0.198. The first-order valence-corrected chi connectivity index (χ1v) is 9.28. The lowest BCUT2D eigenvalue weighted by molar-refractivity contribution is -0.115. The van der Waals surface area contributed by atoms with E-state index in [1.165, 1.54) is 11.3 Å². The summed E-state index contributed by atoms with van der Waals surface area (Å²) in [5, 5.41) is 5.72. The highest BCUT2D eigenvalue weighted by atomic mass is 32.1. The van der Waals surface area contributed by atoms with E-state index in [9.17, 15) is 4.79 Å². The van der Waals surface area contributed by atoms with Crippen molar-refractivity contribution >= 4 is 43.4 Å². The van der Waals surface area contributed by atoms with Crippen LogP contribution in [0, 0.1) is 0 Å². The monoisotopic (exact) mass is 378 g/mol. The van der Waals surface area contributed by atoms with Gasteiger partial charge in [0.2, 0.25) is 5.91 Å². The molecule has 0 unspecified atom stereocenters. The van der Waals surface area contributed by atoms with Crippen molar-refractivity contribution < 1.29 is 14.3 Å². The number of ether oxygens (including phenoxy) is 2. The summed E-state index contributed by atoms with van der Waals surface area (Å²) in [5.74, 6) is 1.18. The van der Waals surface area contributed by atoms with Gasteiger partial charge in [-0.1, -0.05) is 47.7 Å². The molecule has 0 aliphatic carbocycles. The Morgan fingerprint density at radius 1 is 1.07 bits per heavy atom. The molecular weight excluding hydrogens is 360 g/mol. The number of rotatable bonds is 5. The van der Waals surface area contributed by atoms with E-state index in [1.54, 1.807) is 20.3 Å². The van der Waals surface area contributed by atoms with Gasteiger partial charge in [-0.05, 0) is 17.5 Å². The summed E-state index contributed by atoms with van der Waals surface area (Å²) < 4.78 is 11.6. The van der Waals surface area contributed by atoms with Crippen molar-refractivity contribution in [1.29, 1.82) is 0 Å². The van der Waals surface area contributed by atoms with E-state index in [4.69, 9.17) is 9.47 Å². The molecule has 0 fully saturated rings. The number of methoxy groups -OCH3 is 2. The van der Waals surface area contributed by atoms with Gasteiger partial charge in [0.1, 0.15) is 11.5 Å². The summed E-state index contributed by atoms with van der Waals surface area (Å²) in [5.41, 5.74) is 1.71. The lowest BCUT2D eigenvalue weighted by Crippen LogP contribution is -2.14. The minimum atomic E-state index is -0.137. The van der Waals surface area contributed by atoms with E-state index < -0.39 is 0 Å². The van der Waals surface area contributed by atoms with Gasteiger partial charge in [0.15, 0.2) is 5.13 Å². The number of anilines is 1. The van der Waals surface area contributed by atoms with Crippen LogP contribution in [0.4, 0.5) is 5.13 Å². The standard InChI is InChI=1S/C21H18N2O3S/c1-25-15-9-7-14(17(12-15)26-2)11-19(24)22-21-23-20-16-6-4-3-5-13(16)8-10-18(20)27-21/h3-10,12H,11H2,1-2H3,(H,22,23,24). The van der Waals surface area contributed by atoms with E-state index >= 15 is 0 Å². The van der Waals surface area contributed by atoms with Crippen molar-refractivity contribution in [2.45, 2.75) is 6.42 Å². The number of hydrogen-bond donors (Lipinski definition) is 1. The number of benzene rings is 3. The Morgan fingerprint density at radius 2 is 1.93 bits per heavy atom. The number of hydrogen-bond acceptors (Lipinski definition) is 5. The Bertz CT molecular complexity index is 1140. The first kappa shape index (κ1) is 17.3. The van der Waals surface area contributed by atoms with Crippen molar-refractivity contribution in [2.24, 2.45) is 0 Å². The maximum atomic E-state index is 12.5. The summed E-state index contributed by atoms with van der Waals surface area (Å²) in [6.45, 7) is 0. The van der Waals surface area contributed by atoms with Crippen LogP contribution >= 0.6 is 11.3 Å². The fraction of sp³-hybridized carbons (Fsp3) is 0.143. The largest absolute Gasteiger partial charge is 0.497 e. The molecule has 4 rings (SSSR count). The Labute approximate surface area is 160 Å². The molecule has 5 nitrogen and oxygen atoms in total. The van der Waals surface area contributed by atoms with Crippen molar-refractivity contribution in [2.75, 3.05) is 19.5 Å². The summed E-state index contributed by atoms with van der Waals surface area (Å²) in [7, 11) is 3.17. The molecule has 0 atom stereocenters. The van der Waals surface area contributed by atoms with E-state index in [-0.39, 0.29) is 12.3 Å². The number of thiazole rings is 1. The number of amides is 1. The van der Waals surface area contributed by atoms with Gasteiger partial charge in [-0.3, -0.25) is 4.79 Å². The van der Waals surface area contributed by atoms with E-state index in [1.807, 2.05) is 36.4 Å². The number of carbonyl (C=O) groups is 1. The van der Waals surface area contributed by atoms with Crippen LogP contribution < -0.4 is 14.8 Å². The highest BCUT2D eigenvalue weighted by molar-refractivity contribution is 7.22. The number of nitrogens with one attached hydrogen (secondary N) is 1. The number of nitrogens with zero attached hydrogens (tertiary/aromatic N) is 1. The summed E-state index contributed by atoms with van der Waals surface area (Å²) in [4.78, 5) is 17.1. The van der Waals surface area contributed by atoms with Crippen LogP contribution in [0.2, 0.25) is 0 Å². The Balaban J connectivity index is 1.57. The van der Waals surface area contributed by atoms with Gasteiger partial charge in [0.25, 0.3) is 0 Å². The van der Waals surface area contributed by atoms with Gasteiger partial charge in [-0.2, -0.15) is 0 Å². The van der Waals surface area contributed by atoms with E-state index in [0.29, 0.717) is 16.6 Å². The first-order valence-electron chi connectivity index (χ1n) is 8.47. The lowest BCUT2D eigenvalue weighted by atomic mass is 10.1. The van der Waals surface area contributed by atoms with Gasteiger partial charge in [0, 0.05) is 17.0 Å². The van der Waals surface area contributed by atoms with Crippen LogP contribution in [0.25, 0.3) is 21.0 Å². The van der Waals surface area contributed by atoms with E-state index in [2.05, 4.69) is 22.4 Å². The molecule has 1 amide bonds. The molecule has 3 aromatic carbocycles. The van der Waals surface area contributed by atoms with Crippen LogP contribution in [0.15, 0.2) is 54.6 Å². The molecule has 1 aromatic heterocycles. The molecule has 4 aromatic rings. The fourth-order valence-corrected chi connectivity index (χ4v) is 3.95. The number of aromatic nitrogens is 1. The van der Waals surface area contributed by atoms with Gasteiger partial charge in [-0.15, -0.1) is 0 Å². The molecule has 27 heavy (non-hydrogen) atoms. The van der Waals surface area contributed by atoms with Crippen LogP contribution in [0.3, 0.4) is 0 Å². The molecule has 0 radical (unpaired) electrons. The Morgan fingerprint density at radius 3 is 2.74 bits per heavy atom. The van der Waals surface area contributed by atoms with Crippen LogP contribution in [-0.2, 0) is 11.2 Å². The van der Waals surface area contributed by atoms with Crippen molar-refractivity contribution in [3.8, 4) is 11.5 Å². The Kier molecular flexibility index (Phi) is 4.64. The maximum Gasteiger partial charge on any atom is 0.230 e. The molecule has 0 saturated heterocycles. The van der Waals surface area contributed by atoms with Gasteiger partial charge < -0.3 is 14.8 Å². The number of carbonyl (C=O) groups excluding carboxylic acids is 1. The molecule has 0 spiro atoms. The van der Waals surface area contributed by atoms with Crippen molar-refractivity contribution in [3.05, 3.63) is 60.2 Å². The molecule has 0 aliphatic heterocycles. The molecule has 0 bridgehead atoms. The minimum absolute atomic E-state index is 0.137. The molecule has 0 aliphatic rings. The van der Waals surface area contributed by atoms with Crippen molar-refractivity contribution in [3.63, 3.8) is 0 Å². The minimum Gasteiger partial charge on any atom is -0.497 e. The second-order valence-electron chi connectivity index (χ2n) is 6.06. The third kappa shape index (κ3) is 3.44. The molecular formula is C21H18N2O3S. The van der Waals surface area contributed by atoms with Crippen LogP contribution in [0.5, 0.6) is 11.5 Å². The zero-order valence-electron chi connectivity index (χ0n) is 15.0. The topological polar surface area (TPSA) is 60.5 Å². The highest BCUT2D eigenvalue weighted by Gasteiger charge is 2.13. The van der Waals surface area contributed by atoms with Crippen LogP contribution in [-0.4, -0.2) is 25.1 Å². The Hall–Kier alpha value is -3.12. The molecule has 1 N–H and O–H groups in total. The predicted octanol–water partition coefficient (Wildman–Crippen LogP) is 4.65. The third-order valence-corrected chi connectivity index (χ3v) is 5.31. The second kappa shape index (κ2) is 7.25.